The number of amides is 2. The van der Waals surface area contributed by atoms with E-state index in [-0.39, 0.29) is 16.1 Å². The molecule has 0 unspecified atom stereocenters. The molecule has 10 heteroatoms. The van der Waals surface area contributed by atoms with Crippen molar-refractivity contribution < 1.29 is 23.9 Å². The maximum Gasteiger partial charge on any atom is 0.380 e. The largest absolute Gasteiger partial charge is 0.450 e. The van der Waals surface area contributed by atoms with Crippen LogP contribution >= 0.6 is 11.3 Å². The molecule has 2 aromatic heterocycles. The van der Waals surface area contributed by atoms with Crippen LogP contribution in [0.25, 0.3) is 0 Å². The minimum atomic E-state index is -1.16. The minimum Gasteiger partial charge on any atom is -0.450 e. The zero-order chi connectivity index (χ0) is 18.7. The lowest BCUT2D eigenvalue weighted by Gasteiger charge is -2.06. The Balaban J connectivity index is 1.97. The van der Waals surface area contributed by atoms with Crippen LogP contribution in [-0.4, -0.2) is 40.0 Å². The van der Waals surface area contributed by atoms with Crippen LogP contribution in [0, 0.1) is 13.8 Å². The summed E-state index contributed by atoms with van der Waals surface area (Å²) in [5, 5.41) is 8.29. The normalized spacial score (nSPS) is 10.4. The molecule has 2 amide bonds. The van der Waals surface area contributed by atoms with Gasteiger partial charge >= 0.3 is 5.97 Å². The van der Waals surface area contributed by atoms with Crippen LogP contribution in [0.1, 0.15) is 32.1 Å². The van der Waals surface area contributed by atoms with Gasteiger partial charge in [0.15, 0.2) is 6.61 Å². The van der Waals surface area contributed by atoms with Crippen molar-refractivity contribution in [1.29, 1.82) is 0 Å². The molecular formula is C15H16N4O5S. The maximum absolute atomic E-state index is 12.2. The Morgan fingerprint density at radius 3 is 2.56 bits per heavy atom. The van der Waals surface area contributed by atoms with Gasteiger partial charge in [-0.05, 0) is 25.3 Å². The monoisotopic (exact) mass is 364 g/mol. The van der Waals surface area contributed by atoms with E-state index in [0.717, 1.165) is 11.3 Å². The third-order valence-corrected chi connectivity index (χ3v) is 4.27. The van der Waals surface area contributed by atoms with Crippen LogP contribution < -0.4 is 11.1 Å². The molecule has 132 valence electrons. The fourth-order valence-electron chi connectivity index (χ4n) is 2.16. The number of Topliss-reactive ketones (excluding diaryl/α,β-unsaturated/α-hetero) is 1. The van der Waals surface area contributed by atoms with E-state index in [0.29, 0.717) is 11.4 Å². The summed E-state index contributed by atoms with van der Waals surface area (Å²) in [6.45, 7) is 2.58. The number of ketones is 1. The highest BCUT2D eigenvalue weighted by atomic mass is 32.1. The predicted molar refractivity (Wildman–Crippen MR) is 89.4 cm³/mol. The lowest BCUT2D eigenvalue weighted by molar-refractivity contribution is -0.142. The molecule has 0 aromatic carbocycles. The number of hydrogen-bond acceptors (Lipinski definition) is 7. The van der Waals surface area contributed by atoms with Crippen LogP contribution in [0.3, 0.4) is 0 Å². The van der Waals surface area contributed by atoms with E-state index in [2.05, 4.69) is 10.4 Å². The average molecular weight is 364 g/mol. The molecule has 25 heavy (non-hydrogen) atoms. The minimum absolute atomic E-state index is 0.155. The van der Waals surface area contributed by atoms with Crippen LogP contribution in [0.4, 0.5) is 5.00 Å². The standard InChI is InChI=1S/C15H16N4O5S/c1-7-11(8(2)19(3)18-7)12(21)15(23)24-6-10(20)17-14-9(13(16)22)4-5-25-14/h4-5H,6H2,1-3H3,(H2,16,22)(H,17,20). The Morgan fingerprint density at radius 1 is 1.32 bits per heavy atom. The number of carbonyl (C=O) groups is 4. The van der Waals surface area contributed by atoms with Crippen molar-refractivity contribution in [3.05, 3.63) is 34.0 Å². The molecule has 0 aliphatic rings. The van der Waals surface area contributed by atoms with Crippen LogP contribution in [0.5, 0.6) is 0 Å². The molecule has 0 spiro atoms. The van der Waals surface area contributed by atoms with Gasteiger partial charge in [-0.3, -0.25) is 19.1 Å². The van der Waals surface area contributed by atoms with Gasteiger partial charge in [-0.1, -0.05) is 0 Å². The molecule has 0 fully saturated rings. The number of nitrogens with two attached hydrogens (primary N) is 1. The van der Waals surface area contributed by atoms with Gasteiger partial charge in [0.05, 0.1) is 16.8 Å². The number of aromatic nitrogens is 2. The molecule has 2 rings (SSSR count). The molecule has 0 atom stereocenters. The smallest absolute Gasteiger partial charge is 0.380 e. The summed E-state index contributed by atoms with van der Waals surface area (Å²) in [5.74, 6) is -3.41. The number of thiophene rings is 1. The number of aryl methyl sites for hydroxylation is 2. The predicted octanol–water partition coefficient (Wildman–Crippen LogP) is 0.562. The number of esters is 1. The molecule has 2 aromatic rings. The SMILES string of the molecule is Cc1nn(C)c(C)c1C(=O)C(=O)OCC(=O)Nc1sccc1C(N)=O. The second-order valence-corrected chi connectivity index (χ2v) is 6.07. The van der Waals surface area contributed by atoms with Crippen molar-refractivity contribution in [1.82, 2.24) is 9.78 Å². The number of hydrogen-bond donors (Lipinski definition) is 2. The molecule has 0 aliphatic heterocycles. The highest BCUT2D eigenvalue weighted by Crippen LogP contribution is 2.22. The topological polar surface area (TPSA) is 133 Å². The fourth-order valence-corrected chi connectivity index (χ4v) is 2.97. The molecule has 0 bridgehead atoms. The summed E-state index contributed by atoms with van der Waals surface area (Å²) < 4.78 is 6.22. The van der Waals surface area contributed by atoms with Crippen LogP contribution in [-0.2, 0) is 21.4 Å². The first-order valence-electron chi connectivity index (χ1n) is 7.11. The molecular weight excluding hydrogens is 348 g/mol. The molecule has 0 aliphatic carbocycles. The maximum atomic E-state index is 12.2. The number of rotatable bonds is 6. The molecule has 0 saturated carbocycles. The van der Waals surface area contributed by atoms with Gasteiger partial charge < -0.3 is 15.8 Å². The molecule has 3 N–H and O–H groups in total. The quantitative estimate of drug-likeness (QED) is 0.437. The van der Waals surface area contributed by atoms with Gasteiger partial charge in [-0.25, -0.2) is 4.79 Å². The first-order valence-corrected chi connectivity index (χ1v) is 7.99. The van der Waals surface area contributed by atoms with Crippen molar-refractivity contribution in [2.75, 3.05) is 11.9 Å². The second kappa shape index (κ2) is 7.26. The fraction of sp³-hybridized carbons (Fsp3) is 0.267. The third kappa shape index (κ3) is 3.91. The van der Waals surface area contributed by atoms with E-state index in [9.17, 15) is 19.2 Å². The molecule has 2 heterocycles. The summed E-state index contributed by atoms with van der Waals surface area (Å²) in [5.41, 5.74) is 6.40. The molecule has 0 radical (unpaired) electrons. The lowest BCUT2D eigenvalue weighted by atomic mass is 10.1. The number of primary amides is 1. The first kappa shape index (κ1) is 18.3. The van der Waals surface area contributed by atoms with Gasteiger partial charge in [-0.15, -0.1) is 11.3 Å². The van der Waals surface area contributed by atoms with E-state index in [4.69, 9.17) is 10.5 Å². The summed E-state index contributed by atoms with van der Waals surface area (Å²) in [4.78, 5) is 47.0. The van der Waals surface area contributed by atoms with E-state index in [1.54, 1.807) is 26.3 Å². The highest BCUT2D eigenvalue weighted by Gasteiger charge is 2.26. The Labute approximate surface area is 146 Å². The van der Waals surface area contributed by atoms with Crippen molar-refractivity contribution in [3.63, 3.8) is 0 Å². The summed E-state index contributed by atoms with van der Waals surface area (Å²) in [6, 6.07) is 1.46. The van der Waals surface area contributed by atoms with Gasteiger partial charge in [0.25, 0.3) is 17.6 Å². The Bertz CT molecular complexity index is 867. The highest BCUT2D eigenvalue weighted by molar-refractivity contribution is 7.14. The van der Waals surface area contributed by atoms with Crippen molar-refractivity contribution >= 4 is 39.9 Å². The van der Waals surface area contributed by atoms with Crippen molar-refractivity contribution in [2.45, 2.75) is 13.8 Å². The lowest BCUT2D eigenvalue weighted by Crippen LogP contribution is -2.26. The van der Waals surface area contributed by atoms with E-state index >= 15 is 0 Å². The third-order valence-electron chi connectivity index (χ3n) is 3.44. The summed E-state index contributed by atoms with van der Waals surface area (Å²) >= 11 is 1.10. The molecule has 0 saturated heterocycles. The number of nitrogens with zero attached hydrogens (tertiary/aromatic N) is 2. The van der Waals surface area contributed by atoms with Crippen LogP contribution in [0.2, 0.25) is 0 Å². The van der Waals surface area contributed by atoms with Crippen LogP contribution in [0.15, 0.2) is 11.4 Å². The van der Waals surface area contributed by atoms with Gasteiger partial charge in [-0.2, -0.15) is 5.10 Å². The average Bonchev–Trinajstić information content (AvgIpc) is 3.09. The second-order valence-electron chi connectivity index (χ2n) is 5.15. The Kier molecular flexibility index (Phi) is 5.32. The van der Waals surface area contributed by atoms with Crippen molar-refractivity contribution in [3.8, 4) is 0 Å². The zero-order valence-electron chi connectivity index (χ0n) is 13.8. The van der Waals surface area contributed by atoms with Crippen molar-refractivity contribution in [2.24, 2.45) is 12.8 Å². The number of carbonyl (C=O) groups excluding carboxylic acids is 4. The Morgan fingerprint density at radius 2 is 2.00 bits per heavy atom. The number of nitrogens with one attached hydrogen (secondary N) is 1. The number of anilines is 1. The number of ether oxygens (including phenoxy) is 1. The zero-order valence-corrected chi connectivity index (χ0v) is 14.6. The van der Waals surface area contributed by atoms with Gasteiger partial charge in [0.1, 0.15) is 5.00 Å². The first-order chi connectivity index (χ1) is 11.7. The molecule has 9 nitrogen and oxygen atoms in total. The summed E-state index contributed by atoms with van der Waals surface area (Å²) in [7, 11) is 1.65. The van der Waals surface area contributed by atoms with E-state index in [1.165, 1.54) is 10.7 Å². The summed E-state index contributed by atoms with van der Waals surface area (Å²) in [6.07, 6.45) is 0. The Hall–Kier alpha value is -3.01. The van der Waals surface area contributed by atoms with Gasteiger partial charge in [0, 0.05) is 12.7 Å². The van der Waals surface area contributed by atoms with E-state index < -0.39 is 30.2 Å². The van der Waals surface area contributed by atoms with Gasteiger partial charge in [0.2, 0.25) is 0 Å². The van der Waals surface area contributed by atoms with E-state index in [1.807, 2.05) is 0 Å².